The number of amides is 1. The number of terminal acetylenes is 1. The van der Waals surface area contributed by atoms with Crippen molar-refractivity contribution in [2.45, 2.75) is 37.4 Å². The molecule has 0 aliphatic carbocycles. The molecule has 2 aliphatic rings. The van der Waals surface area contributed by atoms with Gasteiger partial charge in [0.1, 0.15) is 11.8 Å². The van der Waals surface area contributed by atoms with Crippen LogP contribution in [0.4, 0.5) is 0 Å². The standard InChI is InChI=1S/C16H19N3O3/c1-2-3-7-16(17-18-16)8-6-15(20)19-9-11-21-12-13(19)14-5-4-10-22-14/h1,4-5,10,13H,3,6-9,11-12H2. The van der Waals surface area contributed by atoms with Crippen molar-refractivity contribution in [1.29, 1.82) is 0 Å². The summed E-state index contributed by atoms with van der Waals surface area (Å²) < 4.78 is 10.9. The van der Waals surface area contributed by atoms with Crippen molar-refractivity contribution in [3.8, 4) is 12.3 Å². The lowest BCUT2D eigenvalue weighted by Gasteiger charge is -2.34. The number of furan rings is 1. The van der Waals surface area contributed by atoms with Crippen LogP contribution in [0.3, 0.4) is 0 Å². The molecule has 6 nitrogen and oxygen atoms in total. The average molecular weight is 301 g/mol. The summed E-state index contributed by atoms with van der Waals surface area (Å²) in [4.78, 5) is 14.4. The van der Waals surface area contributed by atoms with E-state index < -0.39 is 5.66 Å². The Bertz CT molecular complexity index is 582. The summed E-state index contributed by atoms with van der Waals surface area (Å²) >= 11 is 0. The maximum absolute atomic E-state index is 12.6. The molecule has 0 bridgehead atoms. The molecule has 116 valence electrons. The zero-order valence-electron chi connectivity index (χ0n) is 12.4. The number of nitrogens with zero attached hydrogens (tertiary/aromatic N) is 3. The molecule has 1 amide bonds. The van der Waals surface area contributed by atoms with E-state index in [1.807, 2.05) is 17.0 Å². The molecule has 0 N–H and O–H groups in total. The van der Waals surface area contributed by atoms with Crippen LogP contribution in [0.15, 0.2) is 33.0 Å². The SMILES string of the molecule is C#CCCC1(CCC(=O)N2CCOCC2c2ccco2)N=N1. The van der Waals surface area contributed by atoms with Crippen LogP contribution in [0.2, 0.25) is 0 Å². The summed E-state index contributed by atoms with van der Waals surface area (Å²) in [6.45, 7) is 1.60. The second-order valence-corrected chi connectivity index (χ2v) is 5.58. The minimum absolute atomic E-state index is 0.0853. The molecule has 22 heavy (non-hydrogen) atoms. The van der Waals surface area contributed by atoms with Gasteiger partial charge in [0.25, 0.3) is 0 Å². The van der Waals surface area contributed by atoms with Gasteiger partial charge in [0.05, 0.1) is 19.5 Å². The third-order valence-electron chi connectivity index (χ3n) is 4.11. The minimum Gasteiger partial charge on any atom is -0.467 e. The maximum atomic E-state index is 12.6. The van der Waals surface area contributed by atoms with Gasteiger partial charge in [-0.15, -0.1) is 12.3 Å². The number of carbonyl (C=O) groups is 1. The third-order valence-corrected chi connectivity index (χ3v) is 4.11. The second kappa shape index (κ2) is 6.32. The summed E-state index contributed by atoms with van der Waals surface area (Å²) in [5, 5.41) is 8.15. The molecule has 1 fully saturated rings. The Hall–Kier alpha value is -2.13. The minimum atomic E-state index is -0.408. The first-order valence-electron chi connectivity index (χ1n) is 7.52. The summed E-state index contributed by atoms with van der Waals surface area (Å²) in [6.07, 6.45) is 9.28. The predicted molar refractivity (Wildman–Crippen MR) is 78.9 cm³/mol. The van der Waals surface area contributed by atoms with E-state index in [4.69, 9.17) is 15.6 Å². The second-order valence-electron chi connectivity index (χ2n) is 5.58. The third kappa shape index (κ3) is 3.20. The molecular weight excluding hydrogens is 282 g/mol. The fraction of sp³-hybridized carbons (Fsp3) is 0.562. The molecule has 1 aromatic heterocycles. The zero-order valence-corrected chi connectivity index (χ0v) is 12.4. The highest BCUT2D eigenvalue weighted by molar-refractivity contribution is 5.77. The highest BCUT2D eigenvalue weighted by atomic mass is 16.5. The molecule has 3 rings (SSSR count). The van der Waals surface area contributed by atoms with Crippen molar-refractivity contribution in [3.05, 3.63) is 24.2 Å². The first kappa shape index (κ1) is 14.8. The Labute approximate surface area is 129 Å². The van der Waals surface area contributed by atoms with Gasteiger partial charge in [-0.05, 0) is 12.1 Å². The Morgan fingerprint density at radius 2 is 2.36 bits per heavy atom. The van der Waals surface area contributed by atoms with E-state index in [9.17, 15) is 4.79 Å². The predicted octanol–water partition coefficient (Wildman–Crippen LogP) is 2.54. The summed E-state index contributed by atoms with van der Waals surface area (Å²) in [5.41, 5.74) is -0.408. The van der Waals surface area contributed by atoms with Crippen LogP contribution in [0.1, 0.15) is 37.5 Å². The Balaban J connectivity index is 1.57. The Kier molecular flexibility index (Phi) is 4.25. The van der Waals surface area contributed by atoms with E-state index in [1.165, 1.54) is 0 Å². The van der Waals surface area contributed by atoms with Gasteiger partial charge < -0.3 is 14.1 Å². The van der Waals surface area contributed by atoms with Gasteiger partial charge in [-0.25, -0.2) is 0 Å². The maximum Gasteiger partial charge on any atom is 0.223 e. The van der Waals surface area contributed by atoms with E-state index in [2.05, 4.69) is 16.1 Å². The van der Waals surface area contributed by atoms with E-state index in [0.717, 1.165) is 12.2 Å². The van der Waals surface area contributed by atoms with Crippen LogP contribution in [-0.4, -0.2) is 36.2 Å². The van der Waals surface area contributed by atoms with Gasteiger partial charge >= 0.3 is 0 Å². The molecule has 1 atom stereocenters. The molecule has 1 aromatic rings. The first-order chi connectivity index (χ1) is 10.7. The van der Waals surface area contributed by atoms with Crippen LogP contribution in [0, 0.1) is 12.3 Å². The average Bonchev–Trinajstić information content (AvgIpc) is 3.11. The monoisotopic (exact) mass is 301 g/mol. The number of morpholine rings is 1. The number of ether oxygens (including phenoxy) is 1. The van der Waals surface area contributed by atoms with E-state index in [0.29, 0.717) is 39.0 Å². The zero-order chi connectivity index (χ0) is 15.4. The first-order valence-corrected chi connectivity index (χ1v) is 7.52. The number of hydrogen-bond acceptors (Lipinski definition) is 5. The molecule has 0 saturated carbocycles. The molecule has 2 aliphatic heterocycles. The highest BCUT2D eigenvalue weighted by Crippen LogP contribution is 2.38. The van der Waals surface area contributed by atoms with E-state index in [1.54, 1.807) is 6.26 Å². The molecule has 0 radical (unpaired) electrons. The number of hydrogen-bond donors (Lipinski definition) is 0. The smallest absolute Gasteiger partial charge is 0.223 e. The highest BCUT2D eigenvalue weighted by Gasteiger charge is 2.40. The van der Waals surface area contributed by atoms with Crippen molar-refractivity contribution < 1.29 is 13.9 Å². The van der Waals surface area contributed by atoms with Crippen LogP contribution in [0.5, 0.6) is 0 Å². The molecule has 1 saturated heterocycles. The van der Waals surface area contributed by atoms with Gasteiger partial charge in [0.2, 0.25) is 5.91 Å². The van der Waals surface area contributed by atoms with Gasteiger partial charge in [-0.2, -0.15) is 10.2 Å². The fourth-order valence-electron chi connectivity index (χ4n) is 2.74. The topological polar surface area (TPSA) is 67.4 Å². The van der Waals surface area contributed by atoms with Crippen molar-refractivity contribution >= 4 is 5.91 Å². The quantitative estimate of drug-likeness (QED) is 0.758. The normalized spacial score (nSPS) is 22.3. The van der Waals surface area contributed by atoms with Crippen molar-refractivity contribution in [2.24, 2.45) is 10.2 Å². The fourth-order valence-corrected chi connectivity index (χ4v) is 2.74. The van der Waals surface area contributed by atoms with Gasteiger partial charge in [0.15, 0.2) is 5.66 Å². The van der Waals surface area contributed by atoms with Crippen LogP contribution < -0.4 is 0 Å². The molecule has 3 heterocycles. The van der Waals surface area contributed by atoms with E-state index >= 15 is 0 Å². The van der Waals surface area contributed by atoms with Crippen LogP contribution >= 0.6 is 0 Å². The molecule has 0 spiro atoms. The Morgan fingerprint density at radius 1 is 1.50 bits per heavy atom. The lowest BCUT2D eigenvalue weighted by atomic mass is 10.0. The van der Waals surface area contributed by atoms with E-state index in [-0.39, 0.29) is 11.9 Å². The number of carbonyl (C=O) groups excluding carboxylic acids is 1. The molecule has 1 unspecified atom stereocenters. The lowest BCUT2D eigenvalue weighted by molar-refractivity contribution is -0.141. The molecule has 0 aromatic carbocycles. The van der Waals surface area contributed by atoms with Crippen molar-refractivity contribution in [2.75, 3.05) is 19.8 Å². The molecular formula is C16H19N3O3. The number of rotatable bonds is 6. The molecule has 6 heteroatoms. The van der Waals surface area contributed by atoms with Gasteiger partial charge in [-0.1, -0.05) is 0 Å². The lowest BCUT2D eigenvalue weighted by Crippen LogP contribution is -2.43. The summed E-state index contributed by atoms with van der Waals surface area (Å²) in [6, 6.07) is 3.55. The van der Waals surface area contributed by atoms with Crippen molar-refractivity contribution in [3.63, 3.8) is 0 Å². The van der Waals surface area contributed by atoms with Gasteiger partial charge in [-0.3, -0.25) is 4.79 Å². The largest absolute Gasteiger partial charge is 0.467 e. The van der Waals surface area contributed by atoms with Crippen LogP contribution in [0.25, 0.3) is 0 Å². The van der Waals surface area contributed by atoms with Crippen molar-refractivity contribution in [1.82, 2.24) is 4.90 Å². The van der Waals surface area contributed by atoms with Crippen LogP contribution in [-0.2, 0) is 9.53 Å². The Morgan fingerprint density at radius 3 is 3.05 bits per heavy atom. The summed E-state index contributed by atoms with van der Waals surface area (Å²) in [7, 11) is 0. The summed E-state index contributed by atoms with van der Waals surface area (Å²) in [5.74, 6) is 3.44. The van der Waals surface area contributed by atoms with Gasteiger partial charge in [0, 0.05) is 32.2 Å².